The summed E-state index contributed by atoms with van der Waals surface area (Å²) in [5, 5.41) is 8.74. The topological polar surface area (TPSA) is 90.9 Å². The van der Waals surface area contributed by atoms with Crippen LogP contribution in [-0.2, 0) is 0 Å². The van der Waals surface area contributed by atoms with E-state index in [1.54, 1.807) is 18.3 Å². The zero-order chi connectivity index (χ0) is 13.0. The van der Waals surface area contributed by atoms with Gasteiger partial charge in [-0.15, -0.1) is 0 Å². The first kappa shape index (κ1) is 11.8. The fourth-order valence-electron chi connectivity index (χ4n) is 1.48. The first-order valence-corrected chi connectivity index (χ1v) is 5.27. The van der Waals surface area contributed by atoms with E-state index in [9.17, 15) is 0 Å². The molecule has 3 N–H and O–H groups in total. The number of hydrazine groups is 1. The van der Waals surface area contributed by atoms with E-state index in [0.717, 1.165) is 5.69 Å². The number of benzene rings is 1. The van der Waals surface area contributed by atoms with Crippen molar-refractivity contribution >= 4 is 17.3 Å². The minimum absolute atomic E-state index is 0.494. The molecule has 6 nitrogen and oxygen atoms in total. The van der Waals surface area contributed by atoms with Crippen LogP contribution in [-0.4, -0.2) is 17.0 Å². The maximum atomic E-state index is 8.74. The van der Waals surface area contributed by atoms with Crippen molar-refractivity contribution in [3.63, 3.8) is 0 Å². The maximum absolute atomic E-state index is 8.74. The van der Waals surface area contributed by atoms with Crippen LogP contribution in [0.2, 0.25) is 0 Å². The van der Waals surface area contributed by atoms with Gasteiger partial charge in [-0.3, -0.25) is 4.98 Å². The first-order valence-electron chi connectivity index (χ1n) is 5.27. The molecule has 2 aromatic rings. The van der Waals surface area contributed by atoms with E-state index in [4.69, 9.17) is 11.1 Å². The Morgan fingerprint density at radius 2 is 2.00 bits per heavy atom. The fourth-order valence-corrected chi connectivity index (χ4v) is 1.48. The minimum Gasteiger partial charge on any atom is -0.328 e. The average Bonchev–Trinajstić information content (AvgIpc) is 2.46. The van der Waals surface area contributed by atoms with Crippen LogP contribution in [0.25, 0.3) is 0 Å². The summed E-state index contributed by atoms with van der Waals surface area (Å²) in [5.41, 5.74) is 3.98. The summed E-state index contributed by atoms with van der Waals surface area (Å²) in [5.74, 6) is 6.44. The summed E-state index contributed by atoms with van der Waals surface area (Å²) in [6.07, 6.45) is 3.18. The highest BCUT2D eigenvalue weighted by atomic mass is 15.3. The summed E-state index contributed by atoms with van der Waals surface area (Å²) < 4.78 is 0. The van der Waals surface area contributed by atoms with Gasteiger partial charge in [-0.1, -0.05) is 0 Å². The predicted molar refractivity (Wildman–Crippen MR) is 69.1 cm³/mol. The van der Waals surface area contributed by atoms with Crippen LogP contribution in [0.1, 0.15) is 5.56 Å². The van der Waals surface area contributed by atoms with Gasteiger partial charge in [-0.2, -0.15) is 5.26 Å². The van der Waals surface area contributed by atoms with Gasteiger partial charge >= 0.3 is 0 Å². The third-order valence-electron chi connectivity index (χ3n) is 2.50. The van der Waals surface area contributed by atoms with E-state index in [2.05, 4.69) is 21.5 Å². The zero-order valence-electron chi connectivity index (χ0n) is 9.83. The van der Waals surface area contributed by atoms with Crippen molar-refractivity contribution in [2.75, 3.05) is 17.4 Å². The van der Waals surface area contributed by atoms with E-state index in [0.29, 0.717) is 17.2 Å². The Hall–Kier alpha value is -2.65. The van der Waals surface area contributed by atoms with Crippen molar-refractivity contribution in [1.29, 1.82) is 5.26 Å². The second-order valence-corrected chi connectivity index (χ2v) is 3.62. The van der Waals surface area contributed by atoms with Gasteiger partial charge in [0.05, 0.1) is 24.0 Å². The van der Waals surface area contributed by atoms with Gasteiger partial charge in [0.2, 0.25) is 0 Å². The number of rotatable bonds is 3. The highest BCUT2D eigenvalue weighted by Crippen LogP contribution is 2.21. The molecule has 0 fully saturated rings. The number of nitrogens with two attached hydrogens (primary N) is 1. The second kappa shape index (κ2) is 5.12. The maximum Gasteiger partial charge on any atom is 0.160 e. The van der Waals surface area contributed by atoms with Gasteiger partial charge in [-0.25, -0.2) is 10.8 Å². The van der Waals surface area contributed by atoms with Crippen molar-refractivity contribution < 1.29 is 0 Å². The summed E-state index contributed by atoms with van der Waals surface area (Å²) in [6.45, 7) is 0. The Kier molecular flexibility index (Phi) is 3.36. The minimum atomic E-state index is 0.494. The van der Waals surface area contributed by atoms with Crippen LogP contribution in [0, 0.1) is 11.3 Å². The lowest BCUT2D eigenvalue weighted by Crippen LogP contribution is -2.14. The van der Waals surface area contributed by atoms with Crippen LogP contribution in [0.5, 0.6) is 0 Å². The molecule has 0 saturated carbocycles. The molecule has 1 heterocycles. The molecule has 0 spiro atoms. The van der Waals surface area contributed by atoms with E-state index in [-0.39, 0.29) is 0 Å². The van der Waals surface area contributed by atoms with Gasteiger partial charge in [0.1, 0.15) is 0 Å². The summed E-state index contributed by atoms with van der Waals surface area (Å²) >= 11 is 0. The number of nitrogens with zero attached hydrogens (tertiary/aromatic N) is 4. The molecule has 0 bridgehead atoms. The Morgan fingerprint density at radius 1 is 1.28 bits per heavy atom. The fraction of sp³-hybridized carbons (Fsp3) is 0.0833. The lowest BCUT2D eigenvalue weighted by atomic mass is 10.2. The van der Waals surface area contributed by atoms with E-state index in [1.807, 2.05) is 24.1 Å². The molecule has 0 radical (unpaired) electrons. The van der Waals surface area contributed by atoms with Crippen molar-refractivity contribution in [3.8, 4) is 6.07 Å². The molecule has 0 aliphatic heterocycles. The molecule has 90 valence electrons. The summed E-state index contributed by atoms with van der Waals surface area (Å²) in [7, 11) is 1.87. The normalized spacial score (nSPS) is 9.61. The SMILES string of the molecule is CN(c1ccc(C#N)cc1)c1cncc(NN)n1. The van der Waals surface area contributed by atoms with Gasteiger partial charge in [0, 0.05) is 12.7 Å². The molecule has 0 unspecified atom stereocenters. The molecular formula is C12H12N6. The molecule has 2 rings (SSSR count). The number of nitriles is 1. The molecule has 18 heavy (non-hydrogen) atoms. The zero-order valence-corrected chi connectivity index (χ0v) is 9.83. The number of hydrogen-bond acceptors (Lipinski definition) is 6. The molecule has 0 atom stereocenters. The monoisotopic (exact) mass is 240 g/mol. The van der Waals surface area contributed by atoms with Crippen molar-refractivity contribution in [1.82, 2.24) is 9.97 Å². The third kappa shape index (κ3) is 2.36. The van der Waals surface area contributed by atoms with Crippen LogP contribution in [0.4, 0.5) is 17.3 Å². The van der Waals surface area contributed by atoms with E-state index < -0.39 is 0 Å². The molecule has 1 aromatic carbocycles. The third-order valence-corrected chi connectivity index (χ3v) is 2.50. The lowest BCUT2D eigenvalue weighted by molar-refractivity contribution is 1.07. The first-order chi connectivity index (χ1) is 8.74. The number of nitrogen functional groups attached to an aromatic ring is 1. The van der Waals surface area contributed by atoms with E-state index >= 15 is 0 Å². The lowest BCUT2D eigenvalue weighted by Gasteiger charge is -2.18. The second-order valence-electron chi connectivity index (χ2n) is 3.62. The average molecular weight is 240 g/mol. The standard InChI is InChI=1S/C12H12N6/c1-18(10-4-2-9(6-13)3-5-10)12-8-15-7-11(16-12)17-14/h2-5,7-8H,14H2,1H3,(H,16,17). The van der Waals surface area contributed by atoms with E-state index in [1.165, 1.54) is 6.20 Å². The molecular weight excluding hydrogens is 228 g/mol. The molecule has 1 aromatic heterocycles. The molecule has 0 amide bonds. The molecule has 0 saturated heterocycles. The van der Waals surface area contributed by atoms with Gasteiger partial charge in [0.25, 0.3) is 0 Å². The number of nitrogens with one attached hydrogen (secondary N) is 1. The Morgan fingerprint density at radius 3 is 2.61 bits per heavy atom. The van der Waals surface area contributed by atoms with Crippen molar-refractivity contribution in [3.05, 3.63) is 42.2 Å². The Balaban J connectivity index is 2.29. The summed E-state index contributed by atoms with van der Waals surface area (Å²) in [4.78, 5) is 10.2. The highest BCUT2D eigenvalue weighted by molar-refractivity contribution is 5.60. The number of anilines is 3. The van der Waals surface area contributed by atoms with Gasteiger partial charge in [-0.05, 0) is 24.3 Å². The quantitative estimate of drug-likeness (QED) is 0.622. The van der Waals surface area contributed by atoms with Crippen LogP contribution >= 0.6 is 0 Å². The smallest absolute Gasteiger partial charge is 0.160 e. The molecule has 6 heteroatoms. The van der Waals surface area contributed by atoms with Crippen molar-refractivity contribution in [2.45, 2.75) is 0 Å². The molecule has 0 aliphatic rings. The van der Waals surface area contributed by atoms with Crippen molar-refractivity contribution in [2.24, 2.45) is 5.84 Å². The highest BCUT2D eigenvalue weighted by Gasteiger charge is 2.06. The van der Waals surface area contributed by atoms with Crippen LogP contribution < -0.4 is 16.2 Å². The van der Waals surface area contributed by atoms with Gasteiger partial charge < -0.3 is 10.3 Å². The molecule has 0 aliphatic carbocycles. The predicted octanol–water partition coefficient (Wildman–Crippen LogP) is 1.40. The number of aromatic nitrogens is 2. The summed E-state index contributed by atoms with van der Waals surface area (Å²) in [6, 6.07) is 9.29. The Labute approximate surface area is 105 Å². The van der Waals surface area contributed by atoms with Gasteiger partial charge in [0.15, 0.2) is 11.6 Å². The largest absolute Gasteiger partial charge is 0.328 e. The Bertz CT molecular complexity index is 572. The van der Waals surface area contributed by atoms with Crippen LogP contribution in [0.15, 0.2) is 36.7 Å². The van der Waals surface area contributed by atoms with Crippen LogP contribution in [0.3, 0.4) is 0 Å². The number of hydrogen-bond donors (Lipinski definition) is 2.